The number of hydrogen-bond acceptors (Lipinski definition) is 3. The van der Waals surface area contributed by atoms with E-state index in [2.05, 4.69) is 15.1 Å². The average Bonchev–Trinajstić information content (AvgIpc) is 3.06. The number of hydrogen-bond donors (Lipinski definition) is 1. The van der Waals surface area contributed by atoms with Gasteiger partial charge in [-0.2, -0.15) is 18.3 Å². The minimum Gasteiger partial charge on any atom is -0.332 e. The SMILES string of the molecule is Cc1ccc(F)c(CN(CCN2CCCCCC2)C(=O)c2cc(C(F)(F)F)n[nH]2)c1. The number of carbonyl (C=O) groups is 1. The molecule has 0 unspecified atom stereocenters. The molecule has 2 heterocycles. The van der Waals surface area contributed by atoms with Gasteiger partial charge in [-0.25, -0.2) is 4.39 Å². The third kappa shape index (κ3) is 5.81. The molecule has 0 aliphatic carbocycles. The van der Waals surface area contributed by atoms with E-state index in [1.54, 1.807) is 12.1 Å². The van der Waals surface area contributed by atoms with Gasteiger partial charge in [0.15, 0.2) is 5.69 Å². The van der Waals surface area contributed by atoms with Crippen LogP contribution < -0.4 is 0 Å². The molecule has 2 aromatic rings. The molecule has 1 aliphatic heterocycles. The summed E-state index contributed by atoms with van der Waals surface area (Å²) in [6.07, 6.45) is -0.148. The Hall–Kier alpha value is -2.42. The second kappa shape index (κ2) is 9.59. The molecule has 1 fully saturated rings. The van der Waals surface area contributed by atoms with Crippen molar-refractivity contribution in [2.75, 3.05) is 26.2 Å². The summed E-state index contributed by atoms with van der Waals surface area (Å²) in [5.74, 6) is -1.08. The van der Waals surface area contributed by atoms with Crippen molar-refractivity contribution in [3.05, 3.63) is 52.6 Å². The first kappa shape index (κ1) is 22.3. The number of aromatic nitrogens is 2. The molecule has 1 amide bonds. The topological polar surface area (TPSA) is 52.2 Å². The molecular formula is C21H26F4N4O. The fourth-order valence-corrected chi connectivity index (χ4v) is 3.65. The Morgan fingerprint density at radius 1 is 1.17 bits per heavy atom. The second-order valence-electron chi connectivity index (χ2n) is 7.74. The lowest BCUT2D eigenvalue weighted by Crippen LogP contribution is -2.39. The number of rotatable bonds is 6. The van der Waals surface area contributed by atoms with E-state index in [-0.39, 0.29) is 18.8 Å². The highest BCUT2D eigenvalue weighted by atomic mass is 19.4. The molecule has 0 bridgehead atoms. The number of H-pyrrole nitrogens is 1. The Morgan fingerprint density at radius 3 is 2.50 bits per heavy atom. The lowest BCUT2D eigenvalue weighted by atomic mass is 10.1. The molecule has 30 heavy (non-hydrogen) atoms. The normalized spacial score (nSPS) is 15.8. The van der Waals surface area contributed by atoms with Crippen molar-refractivity contribution in [2.45, 2.75) is 45.3 Å². The molecule has 0 atom stereocenters. The number of aromatic amines is 1. The van der Waals surface area contributed by atoms with Crippen LogP contribution in [-0.2, 0) is 12.7 Å². The molecule has 3 rings (SSSR count). The number of nitrogens with one attached hydrogen (secondary N) is 1. The summed E-state index contributed by atoms with van der Waals surface area (Å²) in [6.45, 7) is 4.50. The van der Waals surface area contributed by atoms with Crippen molar-refractivity contribution in [1.29, 1.82) is 0 Å². The zero-order chi connectivity index (χ0) is 21.7. The van der Waals surface area contributed by atoms with Gasteiger partial charge < -0.3 is 9.80 Å². The van der Waals surface area contributed by atoms with Crippen LogP contribution in [0.25, 0.3) is 0 Å². The molecule has 9 heteroatoms. The number of benzene rings is 1. The zero-order valence-corrected chi connectivity index (χ0v) is 16.9. The Bertz CT molecular complexity index is 857. The predicted molar refractivity (Wildman–Crippen MR) is 104 cm³/mol. The van der Waals surface area contributed by atoms with Crippen LogP contribution in [-0.4, -0.2) is 52.1 Å². The first-order chi connectivity index (χ1) is 14.2. The van der Waals surface area contributed by atoms with Crippen molar-refractivity contribution >= 4 is 5.91 Å². The third-order valence-electron chi connectivity index (χ3n) is 5.33. The number of aryl methyl sites for hydroxylation is 1. The maximum Gasteiger partial charge on any atom is 0.435 e. The Morgan fingerprint density at radius 2 is 1.87 bits per heavy atom. The molecule has 1 aromatic carbocycles. The summed E-state index contributed by atoms with van der Waals surface area (Å²) in [5, 5.41) is 5.39. The van der Waals surface area contributed by atoms with E-state index in [9.17, 15) is 22.4 Å². The van der Waals surface area contributed by atoms with E-state index in [0.29, 0.717) is 18.2 Å². The first-order valence-corrected chi connectivity index (χ1v) is 10.1. The summed E-state index contributed by atoms with van der Waals surface area (Å²) < 4.78 is 52.9. The smallest absolute Gasteiger partial charge is 0.332 e. The van der Waals surface area contributed by atoms with Crippen LogP contribution in [0.4, 0.5) is 17.6 Å². The Kier molecular flexibility index (Phi) is 7.12. The van der Waals surface area contributed by atoms with Crippen LogP contribution in [0.3, 0.4) is 0 Å². The second-order valence-corrected chi connectivity index (χ2v) is 7.74. The summed E-state index contributed by atoms with van der Waals surface area (Å²) in [6, 6.07) is 5.32. The van der Waals surface area contributed by atoms with E-state index >= 15 is 0 Å². The highest BCUT2D eigenvalue weighted by Crippen LogP contribution is 2.28. The highest BCUT2D eigenvalue weighted by Gasteiger charge is 2.35. The largest absolute Gasteiger partial charge is 0.435 e. The number of nitrogens with zero attached hydrogens (tertiary/aromatic N) is 3. The van der Waals surface area contributed by atoms with Gasteiger partial charge in [-0.15, -0.1) is 0 Å². The molecule has 1 aliphatic rings. The van der Waals surface area contributed by atoms with E-state index in [0.717, 1.165) is 31.5 Å². The van der Waals surface area contributed by atoms with Crippen LogP contribution in [0.15, 0.2) is 24.3 Å². The van der Waals surface area contributed by atoms with Crippen molar-refractivity contribution < 1.29 is 22.4 Å². The van der Waals surface area contributed by atoms with Gasteiger partial charge in [0.05, 0.1) is 0 Å². The minimum absolute atomic E-state index is 0.0272. The summed E-state index contributed by atoms with van der Waals surface area (Å²) in [5.41, 5.74) is -0.242. The molecule has 1 aromatic heterocycles. The fraction of sp³-hybridized carbons (Fsp3) is 0.524. The lowest BCUT2D eigenvalue weighted by molar-refractivity contribution is -0.141. The number of halogens is 4. The van der Waals surface area contributed by atoms with E-state index in [4.69, 9.17) is 0 Å². The minimum atomic E-state index is -4.64. The van der Waals surface area contributed by atoms with Gasteiger partial charge in [0.2, 0.25) is 0 Å². The van der Waals surface area contributed by atoms with Crippen LogP contribution in [0.2, 0.25) is 0 Å². The first-order valence-electron chi connectivity index (χ1n) is 10.1. The summed E-state index contributed by atoms with van der Waals surface area (Å²) >= 11 is 0. The van der Waals surface area contributed by atoms with Crippen molar-refractivity contribution in [3.63, 3.8) is 0 Å². The predicted octanol–water partition coefficient (Wildman–Crippen LogP) is 4.39. The van der Waals surface area contributed by atoms with Gasteiger partial charge >= 0.3 is 6.18 Å². The van der Waals surface area contributed by atoms with Crippen molar-refractivity contribution in [1.82, 2.24) is 20.0 Å². The van der Waals surface area contributed by atoms with Gasteiger partial charge in [-0.05, 0) is 38.9 Å². The van der Waals surface area contributed by atoms with Crippen LogP contribution in [0, 0.1) is 12.7 Å². The van der Waals surface area contributed by atoms with E-state index in [1.807, 2.05) is 6.92 Å². The monoisotopic (exact) mass is 426 g/mol. The van der Waals surface area contributed by atoms with Gasteiger partial charge in [0, 0.05) is 31.3 Å². The number of amides is 1. The molecule has 164 valence electrons. The van der Waals surface area contributed by atoms with Gasteiger partial charge in [-0.1, -0.05) is 30.5 Å². The summed E-state index contributed by atoms with van der Waals surface area (Å²) in [4.78, 5) is 16.6. The molecule has 1 saturated heterocycles. The van der Waals surface area contributed by atoms with Crippen molar-refractivity contribution in [2.24, 2.45) is 0 Å². The average molecular weight is 426 g/mol. The molecule has 0 spiro atoms. The lowest BCUT2D eigenvalue weighted by Gasteiger charge is -2.27. The van der Waals surface area contributed by atoms with Crippen LogP contribution in [0.1, 0.15) is 53.0 Å². The standard InChI is InChI=1S/C21H26F4N4O/c1-15-6-7-17(22)16(12-15)14-29(11-10-28-8-4-2-3-5-9-28)20(30)18-13-19(27-26-18)21(23,24)25/h6-7,12-13H,2-5,8-11,14H2,1H3,(H,26,27). The molecular weight excluding hydrogens is 400 g/mol. The van der Waals surface area contributed by atoms with Crippen molar-refractivity contribution in [3.8, 4) is 0 Å². The highest BCUT2D eigenvalue weighted by molar-refractivity contribution is 5.92. The van der Waals surface area contributed by atoms with Gasteiger partial charge in [0.1, 0.15) is 11.5 Å². The quantitative estimate of drug-likeness (QED) is 0.697. The maximum absolute atomic E-state index is 14.3. The van der Waals surface area contributed by atoms with E-state index in [1.165, 1.54) is 23.8 Å². The van der Waals surface area contributed by atoms with E-state index < -0.39 is 23.6 Å². The molecule has 5 nitrogen and oxygen atoms in total. The molecule has 0 radical (unpaired) electrons. The molecule has 0 saturated carbocycles. The Balaban J connectivity index is 1.79. The Labute approximate surface area is 173 Å². The summed E-state index contributed by atoms with van der Waals surface area (Å²) in [7, 11) is 0. The number of likely N-dealkylation sites (tertiary alicyclic amines) is 1. The maximum atomic E-state index is 14.3. The zero-order valence-electron chi connectivity index (χ0n) is 16.9. The third-order valence-corrected chi connectivity index (χ3v) is 5.33. The van der Waals surface area contributed by atoms with Gasteiger partial charge in [0.25, 0.3) is 5.91 Å². The number of carbonyl (C=O) groups excluding carboxylic acids is 1. The van der Waals surface area contributed by atoms with Crippen LogP contribution in [0.5, 0.6) is 0 Å². The van der Waals surface area contributed by atoms with Gasteiger partial charge in [-0.3, -0.25) is 9.89 Å². The van der Waals surface area contributed by atoms with Crippen LogP contribution >= 0.6 is 0 Å². The fourth-order valence-electron chi connectivity index (χ4n) is 3.65. The molecule has 1 N–H and O–H groups in total. The number of alkyl halides is 3.